The molecule has 1 unspecified atom stereocenters. The van der Waals surface area contributed by atoms with Crippen molar-refractivity contribution in [2.24, 2.45) is 0 Å². The van der Waals surface area contributed by atoms with Gasteiger partial charge in [-0.05, 0) is 24.5 Å². The number of hydrogen-bond donors (Lipinski definition) is 2. The zero-order chi connectivity index (χ0) is 15.1. The number of rotatable bonds is 6. The molecule has 3 heteroatoms. The van der Waals surface area contributed by atoms with Crippen LogP contribution < -0.4 is 5.32 Å². The fourth-order valence-electron chi connectivity index (χ4n) is 2.28. The van der Waals surface area contributed by atoms with Crippen LogP contribution in [0.4, 0.5) is 0 Å². The molecule has 0 aliphatic carbocycles. The summed E-state index contributed by atoms with van der Waals surface area (Å²) >= 11 is 0. The summed E-state index contributed by atoms with van der Waals surface area (Å²) in [5.41, 5.74) is 2.08. The molecule has 2 rings (SSSR count). The molecule has 0 spiro atoms. The lowest BCUT2D eigenvalue weighted by atomic mass is 9.99. The van der Waals surface area contributed by atoms with Gasteiger partial charge in [0.25, 0.3) is 0 Å². The lowest BCUT2D eigenvalue weighted by molar-refractivity contribution is -0.123. The normalized spacial score (nSPS) is 13.4. The Morgan fingerprint density at radius 2 is 1.62 bits per heavy atom. The van der Waals surface area contributed by atoms with Gasteiger partial charge in [0, 0.05) is 0 Å². The highest BCUT2D eigenvalue weighted by Gasteiger charge is 2.18. The van der Waals surface area contributed by atoms with E-state index in [1.807, 2.05) is 67.6 Å². The van der Waals surface area contributed by atoms with E-state index in [4.69, 9.17) is 0 Å². The quantitative estimate of drug-likeness (QED) is 0.856. The Balaban J connectivity index is 1.96. The third-order valence-corrected chi connectivity index (χ3v) is 3.58. The van der Waals surface area contributed by atoms with E-state index in [2.05, 4.69) is 5.32 Å². The van der Waals surface area contributed by atoms with E-state index in [1.165, 1.54) is 0 Å². The van der Waals surface area contributed by atoms with Crippen LogP contribution in [-0.4, -0.2) is 23.7 Å². The standard InChI is InChI=1S/C18H21NO2/c1-14(16-10-6-3-7-11-16)18(21)19-17(13-20)12-15-8-4-2-5-9-15/h2-11,14,17,20H,12-13H2,1H3,(H,19,21)/t14?,17-/m0/s1. The second-order valence-electron chi connectivity index (χ2n) is 5.21. The Morgan fingerprint density at radius 3 is 2.19 bits per heavy atom. The summed E-state index contributed by atoms with van der Waals surface area (Å²) in [7, 11) is 0. The van der Waals surface area contributed by atoms with Crippen molar-refractivity contribution in [1.82, 2.24) is 5.32 Å². The van der Waals surface area contributed by atoms with Crippen LogP contribution in [0.1, 0.15) is 24.0 Å². The Morgan fingerprint density at radius 1 is 1.05 bits per heavy atom. The van der Waals surface area contributed by atoms with Crippen molar-refractivity contribution in [1.29, 1.82) is 0 Å². The molecule has 110 valence electrons. The molecule has 2 N–H and O–H groups in total. The van der Waals surface area contributed by atoms with Gasteiger partial charge in [0.15, 0.2) is 0 Å². The van der Waals surface area contributed by atoms with E-state index in [1.54, 1.807) is 0 Å². The molecule has 21 heavy (non-hydrogen) atoms. The maximum Gasteiger partial charge on any atom is 0.227 e. The molecule has 0 saturated carbocycles. The molecule has 0 radical (unpaired) electrons. The molecule has 2 aromatic rings. The fourth-order valence-corrected chi connectivity index (χ4v) is 2.28. The van der Waals surface area contributed by atoms with Gasteiger partial charge in [-0.3, -0.25) is 4.79 Å². The monoisotopic (exact) mass is 283 g/mol. The van der Waals surface area contributed by atoms with Crippen molar-refractivity contribution >= 4 is 5.91 Å². The number of aliphatic hydroxyl groups is 1. The van der Waals surface area contributed by atoms with Gasteiger partial charge < -0.3 is 10.4 Å². The van der Waals surface area contributed by atoms with Crippen molar-refractivity contribution in [3.8, 4) is 0 Å². The van der Waals surface area contributed by atoms with Crippen molar-refractivity contribution in [2.75, 3.05) is 6.61 Å². The maximum atomic E-state index is 12.3. The first kappa shape index (κ1) is 15.3. The number of carbonyl (C=O) groups excluding carboxylic acids is 1. The largest absolute Gasteiger partial charge is 0.394 e. The summed E-state index contributed by atoms with van der Waals surface area (Å²) in [5, 5.41) is 12.4. The Bertz CT molecular complexity index is 554. The van der Waals surface area contributed by atoms with Gasteiger partial charge in [0.05, 0.1) is 18.6 Å². The number of carbonyl (C=O) groups is 1. The molecule has 0 saturated heterocycles. The molecule has 0 aliphatic heterocycles. The van der Waals surface area contributed by atoms with E-state index < -0.39 is 0 Å². The minimum Gasteiger partial charge on any atom is -0.394 e. The van der Waals surface area contributed by atoms with Crippen LogP contribution in [-0.2, 0) is 11.2 Å². The van der Waals surface area contributed by atoms with Crippen molar-refractivity contribution in [2.45, 2.75) is 25.3 Å². The minimum absolute atomic E-state index is 0.0591. The van der Waals surface area contributed by atoms with Gasteiger partial charge >= 0.3 is 0 Å². The molecule has 0 fully saturated rings. The van der Waals surface area contributed by atoms with Crippen LogP contribution in [0.3, 0.4) is 0 Å². The second kappa shape index (κ2) is 7.60. The van der Waals surface area contributed by atoms with Crippen molar-refractivity contribution < 1.29 is 9.90 Å². The number of amides is 1. The van der Waals surface area contributed by atoms with Crippen LogP contribution in [0.5, 0.6) is 0 Å². The first-order valence-corrected chi connectivity index (χ1v) is 7.21. The second-order valence-corrected chi connectivity index (χ2v) is 5.21. The van der Waals surface area contributed by atoms with E-state index in [9.17, 15) is 9.90 Å². The molecule has 2 aromatic carbocycles. The summed E-state index contributed by atoms with van der Waals surface area (Å²) < 4.78 is 0. The Kier molecular flexibility index (Phi) is 5.52. The van der Waals surface area contributed by atoms with Gasteiger partial charge in [-0.25, -0.2) is 0 Å². The van der Waals surface area contributed by atoms with Crippen LogP contribution in [0, 0.1) is 0 Å². The number of aliphatic hydroxyl groups excluding tert-OH is 1. The fraction of sp³-hybridized carbons (Fsp3) is 0.278. The predicted octanol–water partition coefficient (Wildman–Crippen LogP) is 2.51. The Hall–Kier alpha value is -2.13. The summed E-state index contributed by atoms with van der Waals surface area (Å²) in [6.45, 7) is 1.81. The lowest BCUT2D eigenvalue weighted by Crippen LogP contribution is -2.41. The van der Waals surface area contributed by atoms with Gasteiger partial charge in [-0.2, -0.15) is 0 Å². The molecule has 1 amide bonds. The molecule has 0 heterocycles. The summed E-state index contributed by atoms with van der Waals surface area (Å²) in [6, 6.07) is 19.3. The predicted molar refractivity (Wildman–Crippen MR) is 84.0 cm³/mol. The zero-order valence-corrected chi connectivity index (χ0v) is 12.2. The summed E-state index contributed by atoms with van der Waals surface area (Å²) in [6.07, 6.45) is 0.630. The van der Waals surface area contributed by atoms with Crippen molar-refractivity contribution in [3.63, 3.8) is 0 Å². The van der Waals surface area contributed by atoms with Crippen LogP contribution in [0.2, 0.25) is 0 Å². The summed E-state index contributed by atoms with van der Waals surface area (Å²) in [4.78, 5) is 12.3. The van der Waals surface area contributed by atoms with Gasteiger partial charge in [0.2, 0.25) is 5.91 Å². The summed E-state index contributed by atoms with van der Waals surface area (Å²) in [5.74, 6) is -0.285. The highest BCUT2D eigenvalue weighted by molar-refractivity contribution is 5.83. The third-order valence-electron chi connectivity index (χ3n) is 3.58. The molecular formula is C18H21NO2. The topological polar surface area (TPSA) is 49.3 Å². The van der Waals surface area contributed by atoms with Crippen LogP contribution in [0.15, 0.2) is 60.7 Å². The smallest absolute Gasteiger partial charge is 0.227 e. The highest BCUT2D eigenvalue weighted by atomic mass is 16.3. The van der Waals surface area contributed by atoms with E-state index >= 15 is 0 Å². The molecule has 0 bridgehead atoms. The highest BCUT2D eigenvalue weighted by Crippen LogP contribution is 2.15. The Labute approximate surface area is 125 Å². The number of hydrogen-bond acceptors (Lipinski definition) is 2. The average Bonchev–Trinajstić information content (AvgIpc) is 2.55. The lowest BCUT2D eigenvalue weighted by Gasteiger charge is -2.19. The first-order valence-electron chi connectivity index (χ1n) is 7.21. The van der Waals surface area contributed by atoms with Crippen LogP contribution in [0.25, 0.3) is 0 Å². The molecule has 0 aliphatic rings. The third kappa shape index (κ3) is 4.43. The maximum absolute atomic E-state index is 12.3. The van der Waals surface area contributed by atoms with Gasteiger partial charge in [-0.1, -0.05) is 60.7 Å². The number of benzene rings is 2. The van der Waals surface area contributed by atoms with Crippen LogP contribution >= 0.6 is 0 Å². The van der Waals surface area contributed by atoms with E-state index in [0.717, 1.165) is 11.1 Å². The van der Waals surface area contributed by atoms with Crippen molar-refractivity contribution in [3.05, 3.63) is 71.8 Å². The van der Waals surface area contributed by atoms with E-state index in [0.29, 0.717) is 6.42 Å². The first-order chi connectivity index (χ1) is 10.2. The molecule has 0 aromatic heterocycles. The number of nitrogens with one attached hydrogen (secondary N) is 1. The molecule has 2 atom stereocenters. The average molecular weight is 283 g/mol. The van der Waals surface area contributed by atoms with Gasteiger partial charge in [-0.15, -0.1) is 0 Å². The molecule has 3 nitrogen and oxygen atoms in total. The van der Waals surface area contributed by atoms with Gasteiger partial charge in [0.1, 0.15) is 0 Å². The molecular weight excluding hydrogens is 262 g/mol. The minimum atomic E-state index is -0.258. The zero-order valence-electron chi connectivity index (χ0n) is 12.2. The van der Waals surface area contributed by atoms with E-state index in [-0.39, 0.29) is 24.5 Å². The SMILES string of the molecule is CC(C(=O)N[C@H](CO)Cc1ccccc1)c1ccccc1.